The second kappa shape index (κ2) is 9.05. The smallest absolute Gasteiger partial charge is 0.248 e. The van der Waals surface area contributed by atoms with Gasteiger partial charge in [0.15, 0.2) is 0 Å². The summed E-state index contributed by atoms with van der Waals surface area (Å²) in [5.74, 6) is 0.867. The Bertz CT molecular complexity index is 699. The van der Waals surface area contributed by atoms with Crippen LogP contribution in [0.5, 0.6) is 5.75 Å². The van der Waals surface area contributed by atoms with E-state index in [1.165, 1.54) is 0 Å². The molecule has 0 radical (unpaired) electrons. The predicted octanol–water partition coefficient (Wildman–Crippen LogP) is 2.28. The molecule has 1 fully saturated rings. The highest BCUT2D eigenvalue weighted by Crippen LogP contribution is 2.27. The number of piperidine rings is 1. The van der Waals surface area contributed by atoms with Gasteiger partial charge in [-0.2, -0.15) is 5.10 Å². The van der Waals surface area contributed by atoms with E-state index in [1.807, 2.05) is 50.4 Å². The van der Waals surface area contributed by atoms with Crippen LogP contribution in [-0.2, 0) is 10.3 Å². The summed E-state index contributed by atoms with van der Waals surface area (Å²) in [6.07, 6.45) is 4.95. The number of halogens is 1. The summed E-state index contributed by atoms with van der Waals surface area (Å²) in [5, 5.41) is 10.7. The Morgan fingerprint density at radius 2 is 2.08 bits per heavy atom. The number of aryl methyl sites for hydroxylation is 1. The van der Waals surface area contributed by atoms with Crippen molar-refractivity contribution in [1.82, 2.24) is 20.4 Å². The summed E-state index contributed by atoms with van der Waals surface area (Å²) >= 11 is 0. The molecule has 1 aromatic carbocycles. The number of amides is 1. The first-order valence-corrected chi connectivity index (χ1v) is 8.83. The van der Waals surface area contributed by atoms with Gasteiger partial charge in [-0.1, -0.05) is 18.2 Å². The van der Waals surface area contributed by atoms with Gasteiger partial charge in [-0.05, 0) is 57.5 Å². The summed E-state index contributed by atoms with van der Waals surface area (Å²) in [4.78, 5) is 13.0. The summed E-state index contributed by atoms with van der Waals surface area (Å²) in [6.45, 7) is 6.06. The summed E-state index contributed by atoms with van der Waals surface area (Å²) in [6, 6.07) is 9.77. The number of hydrogen-bond acceptors (Lipinski definition) is 4. The minimum absolute atomic E-state index is 0. The average Bonchev–Trinajstić information content (AvgIpc) is 3.17. The fraction of sp³-hybridized carbons (Fsp3) is 0.474. The number of benzene rings is 1. The normalized spacial score (nSPS) is 17.0. The molecule has 142 valence electrons. The molecule has 26 heavy (non-hydrogen) atoms. The Hall–Kier alpha value is -2.05. The minimum atomic E-state index is -0.614. The molecule has 1 amide bonds. The second-order valence-electron chi connectivity index (χ2n) is 6.64. The number of aromatic nitrogens is 2. The molecule has 3 rings (SSSR count). The number of ether oxygens (including phenoxy) is 1. The van der Waals surface area contributed by atoms with Crippen molar-refractivity contribution in [3.05, 3.63) is 48.3 Å². The number of nitrogens with zero attached hydrogens (tertiary/aromatic N) is 2. The Kier molecular flexibility index (Phi) is 7.06. The van der Waals surface area contributed by atoms with Crippen LogP contribution in [-0.4, -0.2) is 41.4 Å². The molecular weight excluding hydrogens is 352 g/mol. The van der Waals surface area contributed by atoms with Gasteiger partial charge in [0.25, 0.3) is 0 Å². The lowest BCUT2D eigenvalue weighted by molar-refractivity contribution is -0.132. The molecule has 0 spiro atoms. The van der Waals surface area contributed by atoms with Gasteiger partial charge in [-0.3, -0.25) is 9.48 Å². The Balaban J connectivity index is 0.00000243. The molecule has 2 aromatic rings. The molecule has 7 heteroatoms. The van der Waals surface area contributed by atoms with Gasteiger partial charge in [0.1, 0.15) is 17.4 Å². The van der Waals surface area contributed by atoms with Crippen molar-refractivity contribution in [2.45, 2.75) is 38.3 Å². The van der Waals surface area contributed by atoms with E-state index in [9.17, 15) is 4.79 Å². The third-order valence-corrected chi connectivity index (χ3v) is 4.77. The lowest BCUT2D eigenvalue weighted by atomic mass is 9.87. The van der Waals surface area contributed by atoms with Crippen molar-refractivity contribution < 1.29 is 9.53 Å². The molecule has 0 saturated carbocycles. The van der Waals surface area contributed by atoms with Crippen LogP contribution in [0.25, 0.3) is 0 Å². The lowest BCUT2D eigenvalue weighted by Gasteiger charge is -2.36. The number of carbonyl (C=O) groups excluding carboxylic acids is 1. The number of rotatable bonds is 6. The maximum Gasteiger partial charge on any atom is 0.248 e. The van der Waals surface area contributed by atoms with Crippen molar-refractivity contribution in [1.29, 1.82) is 0 Å². The van der Waals surface area contributed by atoms with E-state index in [2.05, 4.69) is 15.7 Å². The van der Waals surface area contributed by atoms with Crippen LogP contribution in [0.2, 0.25) is 0 Å². The van der Waals surface area contributed by atoms with Crippen LogP contribution in [0.4, 0.5) is 0 Å². The molecule has 2 N–H and O–H groups in total. The number of hydrogen-bond donors (Lipinski definition) is 2. The highest BCUT2D eigenvalue weighted by Gasteiger charge is 2.41. The maximum atomic E-state index is 13.0. The van der Waals surface area contributed by atoms with Crippen LogP contribution in [0.3, 0.4) is 0 Å². The van der Waals surface area contributed by atoms with Crippen LogP contribution in [0.15, 0.2) is 42.7 Å². The molecule has 1 aromatic heterocycles. The van der Waals surface area contributed by atoms with Gasteiger partial charge in [-0.25, -0.2) is 0 Å². The second-order valence-corrected chi connectivity index (χ2v) is 6.64. The van der Waals surface area contributed by atoms with Crippen LogP contribution >= 0.6 is 12.4 Å². The van der Waals surface area contributed by atoms with Crippen LogP contribution in [0.1, 0.15) is 25.3 Å². The molecule has 1 aliphatic heterocycles. The van der Waals surface area contributed by atoms with Crippen molar-refractivity contribution >= 4 is 18.3 Å². The lowest BCUT2D eigenvalue weighted by Crippen LogP contribution is -2.55. The maximum absolute atomic E-state index is 13.0. The van der Waals surface area contributed by atoms with E-state index in [0.29, 0.717) is 6.54 Å². The predicted molar refractivity (Wildman–Crippen MR) is 104 cm³/mol. The Morgan fingerprint density at radius 3 is 2.73 bits per heavy atom. The van der Waals surface area contributed by atoms with E-state index >= 15 is 0 Å². The van der Waals surface area contributed by atoms with Gasteiger partial charge < -0.3 is 15.4 Å². The Morgan fingerprint density at radius 1 is 1.35 bits per heavy atom. The van der Waals surface area contributed by atoms with Gasteiger partial charge in [0.05, 0.1) is 6.54 Å². The van der Waals surface area contributed by atoms with Gasteiger partial charge >= 0.3 is 0 Å². The number of nitrogens with one attached hydrogen (secondary N) is 2. The molecule has 2 heterocycles. The average molecular weight is 379 g/mol. The highest BCUT2D eigenvalue weighted by atomic mass is 35.5. The van der Waals surface area contributed by atoms with Crippen molar-refractivity contribution in [2.75, 3.05) is 19.6 Å². The summed E-state index contributed by atoms with van der Waals surface area (Å²) < 4.78 is 7.76. The zero-order chi connectivity index (χ0) is 17.7. The third kappa shape index (κ3) is 4.37. The Labute approximate surface area is 160 Å². The SMILES string of the molecule is Cc1ccccc1OC(C)CNC(=O)C1(n2cccn2)CCNCC1.Cl. The zero-order valence-electron chi connectivity index (χ0n) is 15.3. The fourth-order valence-corrected chi connectivity index (χ4v) is 3.27. The monoisotopic (exact) mass is 378 g/mol. The minimum Gasteiger partial charge on any atom is -0.489 e. The van der Waals surface area contributed by atoms with Crippen molar-refractivity contribution in [2.24, 2.45) is 0 Å². The van der Waals surface area contributed by atoms with E-state index in [-0.39, 0.29) is 24.4 Å². The van der Waals surface area contributed by atoms with E-state index in [1.54, 1.807) is 10.9 Å². The topological polar surface area (TPSA) is 68.2 Å². The third-order valence-electron chi connectivity index (χ3n) is 4.77. The first kappa shape index (κ1) is 20.3. The molecule has 1 unspecified atom stereocenters. The van der Waals surface area contributed by atoms with Crippen LogP contribution in [0, 0.1) is 6.92 Å². The highest BCUT2D eigenvalue weighted by molar-refractivity contribution is 5.85. The van der Waals surface area contributed by atoms with Crippen LogP contribution < -0.4 is 15.4 Å². The summed E-state index contributed by atoms with van der Waals surface area (Å²) in [5.41, 5.74) is 0.476. The molecule has 1 saturated heterocycles. The largest absolute Gasteiger partial charge is 0.489 e. The van der Waals surface area contributed by atoms with Crippen molar-refractivity contribution in [3.8, 4) is 5.75 Å². The van der Waals surface area contributed by atoms with E-state index < -0.39 is 5.54 Å². The van der Waals surface area contributed by atoms with Gasteiger partial charge in [0, 0.05) is 12.4 Å². The fourth-order valence-electron chi connectivity index (χ4n) is 3.27. The number of para-hydroxylation sites is 1. The summed E-state index contributed by atoms with van der Waals surface area (Å²) in [7, 11) is 0. The first-order valence-electron chi connectivity index (χ1n) is 8.83. The zero-order valence-corrected chi connectivity index (χ0v) is 16.1. The van der Waals surface area contributed by atoms with Gasteiger partial charge in [-0.15, -0.1) is 12.4 Å². The van der Waals surface area contributed by atoms with E-state index in [0.717, 1.165) is 37.2 Å². The molecule has 1 atom stereocenters. The van der Waals surface area contributed by atoms with Crippen molar-refractivity contribution in [3.63, 3.8) is 0 Å². The molecule has 0 aliphatic carbocycles. The van der Waals surface area contributed by atoms with E-state index in [4.69, 9.17) is 4.74 Å². The standard InChI is InChI=1S/C19H26N4O2.ClH/c1-15-6-3-4-7-17(15)25-16(2)14-21-18(24)19(8-11-20-12-9-19)23-13-5-10-22-23;/h3-7,10,13,16,20H,8-9,11-12,14H2,1-2H3,(H,21,24);1H. The molecular formula is C19H27ClN4O2. The van der Waals surface area contributed by atoms with Gasteiger partial charge in [0.2, 0.25) is 5.91 Å². The quantitative estimate of drug-likeness (QED) is 0.809. The number of carbonyl (C=O) groups is 1. The molecule has 1 aliphatic rings. The first-order chi connectivity index (χ1) is 12.1. The molecule has 6 nitrogen and oxygen atoms in total. The molecule has 0 bridgehead atoms.